The van der Waals surface area contributed by atoms with Crippen LogP contribution >= 0.6 is 11.8 Å². The summed E-state index contributed by atoms with van der Waals surface area (Å²) in [4.78, 5) is 23.8. The Morgan fingerprint density at radius 2 is 1.84 bits per heavy atom. The Balaban J connectivity index is 1.46. The Morgan fingerprint density at radius 1 is 1.03 bits per heavy atom. The topological polar surface area (TPSA) is 103 Å². The summed E-state index contributed by atoms with van der Waals surface area (Å²) in [6, 6.07) is 16.4. The first-order valence-corrected chi connectivity index (χ1v) is 11.0. The molecule has 0 aliphatic carbocycles. The first kappa shape index (κ1) is 21.6. The maximum absolute atomic E-state index is 12.1. The van der Waals surface area contributed by atoms with Crippen LogP contribution in [0.5, 0.6) is 11.5 Å². The molecular weight excluding hydrogens is 428 g/mol. The van der Waals surface area contributed by atoms with Crippen LogP contribution in [0.25, 0.3) is 22.6 Å². The second-order valence-electron chi connectivity index (χ2n) is 7.16. The molecule has 0 radical (unpaired) electrons. The molecule has 0 fully saturated rings. The molecule has 0 bridgehead atoms. The predicted octanol–water partition coefficient (Wildman–Crippen LogP) is 4.58. The fourth-order valence-electron chi connectivity index (χ4n) is 2.95. The van der Waals surface area contributed by atoms with E-state index in [1.165, 1.54) is 17.8 Å². The number of aromatic amines is 1. The summed E-state index contributed by atoms with van der Waals surface area (Å²) in [6.07, 6.45) is 0.108. The van der Waals surface area contributed by atoms with E-state index in [2.05, 4.69) is 20.1 Å². The Labute approximate surface area is 189 Å². The lowest BCUT2D eigenvalue weighted by molar-refractivity contribution is 0.242. The zero-order chi connectivity index (χ0) is 22.5. The van der Waals surface area contributed by atoms with Gasteiger partial charge < -0.3 is 19.0 Å². The van der Waals surface area contributed by atoms with E-state index in [-0.39, 0.29) is 11.7 Å². The summed E-state index contributed by atoms with van der Waals surface area (Å²) in [6.45, 7) is 3.96. The Morgan fingerprint density at radius 3 is 2.59 bits per heavy atom. The van der Waals surface area contributed by atoms with Gasteiger partial charge in [0, 0.05) is 17.2 Å². The lowest BCUT2D eigenvalue weighted by Crippen LogP contribution is -2.08. The van der Waals surface area contributed by atoms with Crippen LogP contribution in [0.1, 0.15) is 19.7 Å². The van der Waals surface area contributed by atoms with E-state index in [0.29, 0.717) is 34.1 Å². The molecule has 32 heavy (non-hydrogen) atoms. The highest BCUT2D eigenvalue weighted by molar-refractivity contribution is 7.98. The van der Waals surface area contributed by atoms with Crippen molar-refractivity contribution in [2.75, 3.05) is 7.11 Å². The van der Waals surface area contributed by atoms with E-state index >= 15 is 0 Å². The summed E-state index contributed by atoms with van der Waals surface area (Å²) >= 11 is 1.31. The van der Waals surface area contributed by atoms with Crippen molar-refractivity contribution < 1.29 is 14.0 Å². The lowest BCUT2D eigenvalue weighted by atomic mass is 10.1. The number of rotatable bonds is 8. The van der Waals surface area contributed by atoms with Gasteiger partial charge in [-0.3, -0.25) is 4.79 Å². The molecule has 0 saturated carbocycles. The van der Waals surface area contributed by atoms with Crippen molar-refractivity contribution in [2.24, 2.45) is 0 Å². The maximum atomic E-state index is 12.1. The molecule has 2 aromatic heterocycles. The number of ether oxygens (including phenoxy) is 2. The SMILES string of the molecule is COc1cccc(-c2cc(=O)[nH]c(SCc3nc(-c4ccc(OC(C)C)cc4)no3)n2)c1. The van der Waals surface area contributed by atoms with E-state index in [1.807, 2.05) is 62.4 Å². The summed E-state index contributed by atoms with van der Waals surface area (Å²) in [7, 11) is 1.60. The van der Waals surface area contributed by atoms with Gasteiger partial charge in [0.25, 0.3) is 5.56 Å². The Hall–Kier alpha value is -3.59. The van der Waals surface area contributed by atoms with Crippen LogP contribution in [0.15, 0.2) is 69.1 Å². The standard InChI is InChI=1S/C23H22N4O4S/c1-14(2)30-17-9-7-15(8-10-17)22-26-21(31-27-22)13-32-23-24-19(12-20(28)25-23)16-5-4-6-18(11-16)29-3/h4-12,14H,13H2,1-3H3,(H,24,25,28). The molecule has 4 rings (SSSR count). The minimum absolute atomic E-state index is 0.108. The van der Waals surface area contributed by atoms with E-state index in [0.717, 1.165) is 16.9 Å². The number of benzene rings is 2. The molecule has 0 spiro atoms. The molecule has 2 heterocycles. The Kier molecular flexibility index (Phi) is 6.55. The van der Waals surface area contributed by atoms with E-state index in [9.17, 15) is 4.79 Å². The average molecular weight is 451 g/mol. The van der Waals surface area contributed by atoms with E-state index < -0.39 is 0 Å². The van der Waals surface area contributed by atoms with Gasteiger partial charge in [-0.15, -0.1) is 0 Å². The van der Waals surface area contributed by atoms with Crippen molar-refractivity contribution in [1.82, 2.24) is 20.1 Å². The highest BCUT2D eigenvalue weighted by Crippen LogP contribution is 2.25. The molecule has 8 nitrogen and oxygen atoms in total. The Bertz CT molecular complexity index is 1250. The number of methoxy groups -OCH3 is 1. The molecule has 9 heteroatoms. The summed E-state index contributed by atoms with van der Waals surface area (Å²) < 4.78 is 16.3. The van der Waals surface area contributed by atoms with Gasteiger partial charge in [-0.25, -0.2) is 4.98 Å². The van der Waals surface area contributed by atoms with Gasteiger partial charge in [-0.2, -0.15) is 4.98 Å². The molecule has 1 N–H and O–H groups in total. The summed E-state index contributed by atoms with van der Waals surface area (Å²) in [5.41, 5.74) is 1.94. The molecular formula is C23H22N4O4S. The lowest BCUT2D eigenvalue weighted by Gasteiger charge is -2.09. The van der Waals surface area contributed by atoms with Crippen LogP contribution in [0.3, 0.4) is 0 Å². The summed E-state index contributed by atoms with van der Waals surface area (Å²) in [5.74, 6) is 2.77. The normalized spacial score (nSPS) is 11.0. The zero-order valence-electron chi connectivity index (χ0n) is 17.9. The number of nitrogens with zero attached hydrogens (tertiary/aromatic N) is 3. The van der Waals surface area contributed by atoms with Crippen molar-refractivity contribution in [3.8, 4) is 34.1 Å². The van der Waals surface area contributed by atoms with Gasteiger partial charge in [0.2, 0.25) is 11.7 Å². The molecule has 0 amide bonds. The van der Waals surface area contributed by atoms with E-state index in [4.69, 9.17) is 14.0 Å². The van der Waals surface area contributed by atoms with Gasteiger partial charge in [-0.05, 0) is 50.2 Å². The van der Waals surface area contributed by atoms with Gasteiger partial charge in [0.15, 0.2) is 5.16 Å². The van der Waals surface area contributed by atoms with Crippen LogP contribution < -0.4 is 15.0 Å². The molecule has 0 atom stereocenters. The molecule has 0 aliphatic rings. The fourth-order valence-corrected chi connectivity index (χ4v) is 3.66. The second kappa shape index (κ2) is 9.69. The van der Waals surface area contributed by atoms with Crippen molar-refractivity contribution in [3.05, 3.63) is 70.8 Å². The monoisotopic (exact) mass is 450 g/mol. The van der Waals surface area contributed by atoms with E-state index in [1.54, 1.807) is 7.11 Å². The van der Waals surface area contributed by atoms with Crippen LogP contribution in [0.4, 0.5) is 0 Å². The molecule has 0 unspecified atom stereocenters. The van der Waals surface area contributed by atoms with Crippen LogP contribution in [0, 0.1) is 0 Å². The minimum atomic E-state index is -0.241. The third-order valence-corrected chi connectivity index (χ3v) is 5.23. The third-order valence-electron chi connectivity index (χ3n) is 4.37. The number of nitrogens with one attached hydrogen (secondary N) is 1. The third kappa shape index (κ3) is 5.36. The number of H-pyrrole nitrogens is 1. The first-order valence-electron chi connectivity index (χ1n) is 9.98. The number of hydrogen-bond donors (Lipinski definition) is 1. The fraction of sp³-hybridized carbons (Fsp3) is 0.217. The first-order chi connectivity index (χ1) is 15.5. The zero-order valence-corrected chi connectivity index (χ0v) is 18.7. The maximum Gasteiger partial charge on any atom is 0.252 e. The highest BCUT2D eigenvalue weighted by atomic mass is 32.2. The highest BCUT2D eigenvalue weighted by Gasteiger charge is 2.12. The molecule has 164 valence electrons. The van der Waals surface area contributed by atoms with Gasteiger partial charge in [0.05, 0.1) is 24.7 Å². The van der Waals surface area contributed by atoms with Crippen molar-refractivity contribution in [1.29, 1.82) is 0 Å². The van der Waals surface area contributed by atoms with Gasteiger partial charge >= 0.3 is 0 Å². The van der Waals surface area contributed by atoms with Crippen molar-refractivity contribution >= 4 is 11.8 Å². The quantitative estimate of drug-likeness (QED) is 0.307. The average Bonchev–Trinajstić information content (AvgIpc) is 3.26. The number of thioether (sulfide) groups is 1. The van der Waals surface area contributed by atoms with Crippen LogP contribution in [-0.2, 0) is 5.75 Å². The number of aromatic nitrogens is 4. The molecule has 0 aliphatic heterocycles. The minimum Gasteiger partial charge on any atom is -0.497 e. The number of hydrogen-bond acceptors (Lipinski definition) is 8. The largest absolute Gasteiger partial charge is 0.497 e. The summed E-state index contributed by atoms with van der Waals surface area (Å²) in [5, 5.41) is 4.51. The van der Waals surface area contributed by atoms with Crippen molar-refractivity contribution in [3.63, 3.8) is 0 Å². The smallest absolute Gasteiger partial charge is 0.252 e. The second-order valence-corrected chi connectivity index (χ2v) is 8.12. The molecule has 0 saturated heterocycles. The van der Waals surface area contributed by atoms with Gasteiger partial charge in [-0.1, -0.05) is 29.1 Å². The molecule has 2 aromatic carbocycles. The predicted molar refractivity (Wildman–Crippen MR) is 122 cm³/mol. The van der Waals surface area contributed by atoms with Crippen LogP contribution in [0.2, 0.25) is 0 Å². The van der Waals surface area contributed by atoms with Gasteiger partial charge in [0.1, 0.15) is 11.5 Å². The van der Waals surface area contributed by atoms with Crippen LogP contribution in [-0.4, -0.2) is 33.3 Å². The molecule has 4 aromatic rings. The van der Waals surface area contributed by atoms with Crippen molar-refractivity contribution in [2.45, 2.75) is 30.9 Å².